The molecule has 0 aliphatic rings. The molecule has 0 radical (unpaired) electrons. The Morgan fingerprint density at radius 1 is 1.00 bits per heavy atom. The lowest BCUT2D eigenvalue weighted by molar-refractivity contribution is 0.626. The van der Waals surface area contributed by atoms with E-state index in [1.165, 1.54) is 6.07 Å². The summed E-state index contributed by atoms with van der Waals surface area (Å²) in [5, 5.41) is 3.36. The van der Waals surface area contributed by atoms with E-state index in [0.717, 1.165) is 11.3 Å². The maximum absolute atomic E-state index is 13.1. The fourth-order valence-electron chi connectivity index (χ4n) is 1.44. The molecule has 0 amide bonds. The van der Waals surface area contributed by atoms with Crippen molar-refractivity contribution in [2.75, 3.05) is 5.32 Å². The van der Waals surface area contributed by atoms with Crippen molar-refractivity contribution in [3.8, 4) is 0 Å². The molecule has 0 saturated heterocycles. The van der Waals surface area contributed by atoms with Gasteiger partial charge in [0.25, 0.3) is 0 Å². The van der Waals surface area contributed by atoms with Crippen molar-refractivity contribution < 1.29 is 4.39 Å². The van der Waals surface area contributed by atoms with Crippen LogP contribution in [0.15, 0.2) is 48.5 Å². The van der Waals surface area contributed by atoms with E-state index in [4.69, 9.17) is 11.6 Å². The van der Waals surface area contributed by atoms with E-state index in [1.54, 1.807) is 12.1 Å². The van der Waals surface area contributed by atoms with Crippen LogP contribution in [0.3, 0.4) is 0 Å². The smallest absolute Gasteiger partial charge is 0.142 e. The predicted molar refractivity (Wildman–Crippen MR) is 65.2 cm³/mol. The molecule has 0 aliphatic carbocycles. The summed E-state index contributed by atoms with van der Waals surface area (Å²) in [6, 6.07) is 14.5. The van der Waals surface area contributed by atoms with Crippen LogP contribution < -0.4 is 5.32 Å². The standard InChI is InChI=1S/C13H11ClFN/c14-13-10(5-4-8-12(13)15)9-16-11-6-2-1-3-7-11/h1-8,16H,9H2. The Kier molecular flexibility index (Phi) is 3.42. The van der Waals surface area contributed by atoms with Crippen molar-refractivity contribution in [2.24, 2.45) is 0 Å². The van der Waals surface area contributed by atoms with Gasteiger partial charge in [0, 0.05) is 12.2 Å². The van der Waals surface area contributed by atoms with Crippen LogP contribution in [0.1, 0.15) is 5.56 Å². The number of hydrogen-bond acceptors (Lipinski definition) is 1. The Labute approximate surface area is 98.9 Å². The molecule has 0 bridgehead atoms. The molecule has 2 rings (SSSR count). The summed E-state index contributed by atoms with van der Waals surface area (Å²) in [5.41, 5.74) is 1.74. The Morgan fingerprint density at radius 3 is 2.50 bits per heavy atom. The van der Waals surface area contributed by atoms with E-state index >= 15 is 0 Å². The molecule has 2 aromatic carbocycles. The second-order valence-corrected chi connectivity index (χ2v) is 3.81. The van der Waals surface area contributed by atoms with Crippen LogP contribution in [0.25, 0.3) is 0 Å². The van der Waals surface area contributed by atoms with Gasteiger partial charge >= 0.3 is 0 Å². The predicted octanol–water partition coefficient (Wildman–Crippen LogP) is 4.09. The van der Waals surface area contributed by atoms with Crippen LogP contribution in [0.4, 0.5) is 10.1 Å². The molecular formula is C13H11ClFN. The number of para-hydroxylation sites is 1. The van der Waals surface area contributed by atoms with Gasteiger partial charge in [-0.05, 0) is 23.8 Å². The lowest BCUT2D eigenvalue weighted by atomic mass is 10.2. The molecule has 0 unspecified atom stereocenters. The average Bonchev–Trinajstić information content (AvgIpc) is 2.32. The van der Waals surface area contributed by atoms with Crippen LogP contribution in [-0.2, 0) is 6.54 Å². The summed E-state index contributed by atoms with van der Waals surface area (Å²) in [4.78, 5) is 0. The molecular weight excluding hydrogens is 225 g/mol. The molecule has 1 nitrogen and oxygen atoms in total. The minimum absolute atomic E-state index is 0.186. The highest BCUT2D eigenvalue weighted by Crippen LogP contribution is 2.20. The SMILES string of the molecule is Fc1cccc(CNc2ccccc2)c1Cl. The van der Waals surface area contributed by atoms with E-state index in [0.29, 0.717) is 6.54 Å². The first kappa shape index (κ1) is 11.0. The largest absolute Gasteiger partial charge is 0.381 e. The van der Waals surface area contributed by atoms with E-state index in [1.807, 2.05) is 30.3 Å². The summed E-state index contributed by atoms with van der Waals surface area (Å²) in [7, 11) is 0. The summed E-state index contributed by atoms with van der Waals surface area (Å²) in [5.74, 6) is -0.381. The Bertz CT molecular complexity index is 471. The van der Waals surface area contributed by atoms with Gasteiger partial charge in [-0.15, -0.1) is 0 Å². The number of halogens is 2. The van der Waals surface area contributed by atoms with Crippen LogP contribution in [0, 0.1) is 5.82 Å². The summed E-state index contributed by atoms with van der Waals surface area (Å²) >= 11 is 5.84. The first-order chi connectivity index (χ1) is 7.77. The Balaban J connectivity index is 2.08. The molecule has 0 heterocycles. The van der Waals surface area contributed by atoms with Gasteiger partial charge in [0.2, 0.25) is 0 Å². The van der Waals surface area contributed by atoms with Crippen LogP contribution in [-0.4, -0.2) is 0 Å². The first-order valence-electron chi connectivity index (χ1n) is 4.99. The average molecular weight is 236 g/mol. The topological polar surface area (TPSA) is 12.0 Å². The van der Waals surface area contributed by atoms with Gasteiger partial charge in [-0.25, -0.2) is 4.39 Å². The molecule has 0 atom stereocenters. The van der Waals surface area contributed by atoms with Gasteiger partial charge in [-0.2, -0.15) is 0 Å². The van der Waals surface area contributed by atoms with Gasteiger partial charge in [0.15, 0.2) is 0 Å². The zero-order valence-electron chi connectivity index (χ0n) is 8.58. The molecule has 3 heteroatoms. The molecule has 0 spiro atoms. The Morgan fingerprint density at radius 2 is 1.75 bits per heavy atom. The van der Waals surface area contributed by atoms with Crippen LogP contribution >= 0.6 is 11.6 Å². The summed E-state index contributed by atoms with van der Waals surface area (Å²) in [6.07, 6.45) is 0. The fraction of sp³-hybridized carbons (Fsp3) is 0.0769. The second kappa shape index (κ2) is 4.99. The maximum atomic E-state index is 13.1. The van der Waals surface area contributed by atoms with E-state index in [-0.39, 0.29) is 10.8 Å². The first-order valence-corrected chi connectivity index (χ1v) is 5.37. The van der Waals surface area contributed by atoms with E-state index in [2.05, 4.69) is 5.32 Å². The zero-order chi connectivity index (χ0) is 11.4. The van der Waals surface area contributed by atoms with Crippen molar-refractivity contribution in [2.45, 2.75) is 6.54 Å². The number of benzene rings is 2. The van der Waals surface area contributed by atoms with E-state index in [9.17, 15) is 4.39 Å². The normalized spacial score (nSPS) is 10.1. The van der Waals surface area contributed by atoms with Crippen molar-refractivity contribution in [1.29, 1.82) is 0 Å². The van der Waals surface area contributed by atoms with Crippen molar-refractivity contribution in [1.82, 2.24) is 0 Å². The molecule has 0 aromatic heterocycles. The number of nitrogens with one attached hydrogen (secondary N) is 1. The highest BCUT2D eigenvalue weighted by molar-refractivity contribution is 6.31. The zero-order valence-corrected chi connectivity index (χ0v) is 9.34. The molecule has 16 heavy (non-hydrogen) atoms. The summed E-state index contributed by atoms with van der Waals surface area (Å²) in [6.45, 7) is 0.514. The molecule has 0 fully saturated rings. The minimum Gasteiger partial charge on any atom is -0.381 e. The molecule has 82 valence electrons. The number of anilines is 1. The van der Waals surface area contributed by atoms with Crippen LogP contribution in [0.2, 0.25) is 5.02 Å². The number of hydrogen-bond donors (Lipinski definition) is 1. The van der Waals surface area contributed by atoms with Crippen molar-refractivity contribution in [3.05, 3.63) is 64.9 Å². The highest BCUT2D eigenvalue weighted by Gasteiger charge is 2.04. The van der Waals surface area contributed by atoms with Gasteiger partial charge in [-0.1, -0.05) is 41.9 Å². The summed E-state index contributed by atoms with van der Waals surface area (Å²) < 4.78 is 13.1. The minimum atomic E-state index is -0.381. The highest BCUT2D eigenvalue weighted by atomic mass is 35.5. The number of rotatable bonds is 3. The fourth-order valence-corrected chi connectivity index (χ4v) is 1.63. The monoisotopic (exact) mass is 235 g/mol. The van der Waals surface area contributed by atoms with Crippen LogP contribution in [0.5, 0.6) is 0 Å². The molecule has 0 saturated carbocycles. The molecule has 1 N–H and O–H groups in total. The Hall–Kier alpha value is -1.54. The quantitative estimate of drug-likeness (QED) is 0.845. The van der Waals surface area contributed by atoms with E-state index < -0.39 is 0 Å². The third-order valence-corrected chi connectivity index (χ3v) is 2.71. The third-order valence-electron chi connectivity index (χ3n) is 2.29. The lowest BCUT2D eigenvalue weighted by Gasteiger charge is -2.08. The van der Waals surface area contributed by atoms with Gasteiger partial charge in [0.05, 0.1) is 5.02 Å². The van der Waals surface area contributed by atoms with Gasteiger partial charge in [0.1, 0.15) is 5.82 Å². The second-order valence-electron chi connectivity index (χ2n) is 3.43. The van der Waals surface area contributed by atoms with Gasteiger partial charge in [-0.3, -0.25) is 0 Å². The third kappa shape index (κ3) is 2.52. The lowest BCUT2D eigenvalue weighted by Crippen LogP contribution is -2.00. The van der Waals surface area contributed by atoms with Crippen molar-refractivity contribution >= 4 is 17.3 Å². The van der Waals surface area contributed by atoms with Gasteiger partial charge < -0.3 is 5.32 Å². The molecule has 2 aromatic rings. The maximum Gasteiger partial charge on any atom is 0.142 e. The van der Waals surface area contributed by atoms with Crippen molar-refractivity contribution in [3.63, 3.8) is 0 Å². The molecule has 0 aliphatic heterocycles.